The molecular formula is C26H12Cl8O6P-. The van der Waals surface area contributed by atoms with Crippen LogP contribution in [-0.4, -0.2) is 0 Å². The molecule has 4 aromatic rings. The molecule has 0 amide bonds. The van der Waals surface area contributed by atoms with Gasteiger partial charge in [-0.15, -0.1) is 0 Å². The van der Waals surface area contributed by atoms with E-state index in [1.54, 1.807) is 0 Å². The summed E-state index contributed by atoms with van der Waals surface area (Å²) in [4.78, 5) is 0. The van der Waals surface area contributed by atoms with Gasteiger partial charge >= 0.3 is 274 Å². The molecule has 214 valence electrons. The Hall–Kier alpha value is -1.25. The van der Waals surface area contributed by atoms with Gasteiger partial charge in [-0.3, -0.25) is 0 Å². The van der Waals surface area contributed by atoms with E-state index in [1.165, 1.54) is 0 Å². The van der Waals surface area contributed by atoms with E-state index in [1.807, 2.05) is 60.7 Å². The quantitative estimate of drug-likeness (QED) is 0.116. The molecule has 6 nitrogen and oxygen atoms in total. The average molecular weight is 735 g/mol. The first kappa shape index (κ1) is 28.5. The predicted octanol–water partition coefficient (Wildman–Crippen LogP) is 12.3. The molecule has 3 heterocycles. The number of fused-ring (bicyclic) bond motifs is 2. The van der Waals surface area contributed by atoms with Gasteiger partial charge in [0.1, 0.15) is 0 Å². The van der Waals surface area contributed by atoms with Gasteiger partial charge in [-0.2, -0.15) is 0 Å². The van der Waals surface area contributed by atoms with Crippen LogP contribution in [0.15, 0.2) is 60.7 Å². The van der Waals surface area contributed by atoms with Gasteiger partial charge < -0.3 is 0 Å². The van der Waals surface area contributed by atoms with E-state index in [9.17, 15) is 0 Å². The van der Waals surface area contributed by atoms with Gasteiger partial charge in [-0.25, -0.2) is 0 Å². The molecule has 3 aliphatic heterocycles. The first-order chi connectivity index (χ1) is 19.4. The Kier molecular flexibility index (Phi) is 6.35. The molecule has 0 radical (unpaired) electrons. The summed E-state index contributed by atoms with van der Waals surface area (Å²) in [7, 11) is -6.62. The maximum atomic E-state index is 6.76. The topological polar surface area (TPSA) is 55.4 Å². The summed E-state index contributed by atoms with van der Waals surface area (Å²) in [5.74, 6) is -0.836. The molecule has 7 rings (SSSR count). The molecule has 0 aliphatic carbocycles. The van der Waals surface area contributed by atoms with Crippen molar-refractivity contribution in [3.8, 4) is 23.0 Å². The first-order valence-corrected chi connectivity index (χ1v) is 16.8. The third kappa shape index (κ3) is 3.84. The summed E-state index contributed by atoms with van der Waals surface area (Å²) < 4.78 is 39.4. The van der Waals surface area contributed by atoms with Crippen molar-refractivity contribution in [1.82, 2.24) is 0 Å². The van der Waals surface area contributed by atoms with Crippen molar-refractivity contribution in [2.75, 3.05) is 0 Å². The van der Waals surface area contributed by atoms with E-state index in [-0.39, 0.29) is 63.2 Å². The zero-order chi connectivity index (χ0) is 29.0. The van der Waals surface area contributed by atoms with Crippen LogP contribution in [-0.2, 0) is 9.05 Å². The Morgan fingerprint density at radius 3 is 0.927 bits per heavy atom. The second-order valence-electron chi connectivity index (χ2n) is 9.18. The van der Waals surface area contributed by atoms with Crippen LogP contribution >= 0.6 is 100 Å². The standard InChI is InChI=1S/C26H12Cl8O6P/c27-13-14(28)18(32)24-23(17(13)31)37-41(38-24,39-25-19(33)15(29)16(30)20(34)26(25)40-41)35-21(11-7-3-1-4-8-11)22(36-41)12-9-5-2-6-10-12/h1-10,21-22H/q-1/t21-,22-/m0/s1. The average Bonchev–Trinajstić information content (AvgIpc) is 3.60. The molecule has 0 aromatic heterocycles. The third-order valence-corrected chi connectivity index (χ3v) is 13.7. The molecule has 41 heavy (non-hydrogen) atoms. The van der Waals surface area contributed by atoms with Gasteiger partial charge in [0.2, 0.25) is 0 Å². The van der Waals surface area contributed by atoms with Crippen molar-refractivity contribution in [1.29, 1.82) is 0 Å². The number of benzene rings is 4. The zero-order valence-corrected chi connectivity index (χ0v) is 26.8. The van der Waals surface area contributed by atoms with Crippen LogP contribution in [0.3, 0.4) is 0 Å². The van der Waals surface area contributed by atoms with Crippen molar-refractivity contribution in [2.45, 2.75) is 12.2 Å². The van der Waals surface area contributed by atoms with E-state index >= 15 is 0 Å². The van der Waals surface area contributed by atoms with E-state index in [0.29, 0.717) is 11.1 Å². The van der Waals surface area contributed by atoms with Crippen LogP contribution in [0.4, 0.5) is 0 Å². The van der Waals surface area contributed by atoms with Gasteiger partial charge in [0, 0.05) is 0 Å². The molecule has 1 saturated heterocycles. The maximum absolute atomic E-state index is 6.76. The second-order valence-corrected chi connectivity index (χ2v) is 15.6. The molecule has 0 N–H and O–H groups in total. The van der Waals surface area contributed by atoms with Gasteiger partial charge in [0.15, 0.2) is 0 Å². The van der Waals surface area contributed by atoms with E-state index in [2.05, 4.69) is 0 Å². The Morgan fingerprint density at radius 1 is 0.390 bits per heavy atom. The molecule has 0 unspecified atom stereocenters. The molecular weight excluding hydrogens is 723 g/mol. The van der Waals surface area contributed by atoms with E-state index < -0.39 is 19.5 Å². The zero-order valence-electron chi connectivity index (χ0n) is 19.8. The van der Waals surface area contributed by atoms with Crippen LogP contribution in [0, 0.1) is 0 Å². The Labute approximate surface area is 272 Å². The number of rotatable bonds is 2. The molecule has 0 saturated carbocycles. The molecule has 1 fully saturated rings. The summed E-state index contributed by atoms with van der Waals surface area (Å²) in [6, 6.07) is 18.3. The SMILES string of the molecule is Clc1c(Cl)c(Cl)c2c(c1Cl)O[P-]13(O2)(Oc2c(Cl)c(Cl)c(Cl)c(Cl)c2O1)O[C@@H](c1ccccc1)[C@H](c1ccccc1)O3. The number of hydrogen-bond acceptors (Lipinski definition) is 6. The summed E-state index contributed by atoms with van der Waals surface area (Å²) in [6.45, 7) is 0. The van der Waals surface area contributed by atoms with Gasteiger partial charge in [-0.1, -0.05) is 0 Å². The Bertz CT molecular complexity index is 1590. The predicted molar refractivity (Wildman–Crippen MR) is 163 cm³/mol. The number of hydrogen-bond donors (Lipinski definition) is 0. The van der Waals surface area contributed by atoms with E-state index in [4.69, 9.17) is 120 Å². The summed E-state index contributed by atoms with van der Waals surface area (Å²) in [5, 5.41) is -1.15. The Balaban J connectivity index is 1.55. The molecule has 15 heteroatoms. The fraction of sp³-hybridized carbons (Fsp3) is 0.0769. The summed E-state index contributed by atoms with van der Waals surface area (Å²) >= 11 is 51.9. The fourth-order valence-corrected chi connectivity index (χ4v) is 11.1. The first-order valence-electron chi connectivity index (χ1n) is 11.6. The molecule has 0 bridgehead atoms. The van der Waals surface area contributed by atoms with Crippen molar-refractivity contribution in [2.24, 2.45) is 0 Å². The van der Waals surface area contributed by atoms with Gasteiger partial charge in [0.05, 0.1) is 0 Å². The van der Waals surface area contributed by atoms with Crippen molar-refractivity contribution >= 4 is 100 Å². The summed E-state index contributed by atoms with van der Waals surface area (Å²) in [5.41, 5.74) is 1.32. The minimum absolute atomic E-state index is 0.118. The molecule has 4 aromatic carbocycles. The van der Waals surface area contributed by atoms with Crippen molar-refractivity contribution < 1.29 is 27.1 Å². The third-order valence-electron chi connectivity index (χ3n) is 6.67. The van der Waals surface area contributed by atoms with Crippen molar-refractivity contribution in [3.63, 3.8) is 0 Å². The van der Waals surface area contributed by atoms with Crippen LogP contribution in [0.25, 0.3) is 0 Å². The van der Waals surface area contributed by atoms with E-state index in [0.717, 1.165) is 0 Å². The van der Waals surface area contributed by atoms with Crippen LogP contribution in [0.1, 0.15) is 23.3 Å². The van der Waals surface area contributed by atoms with Crippen LogP contribution < -0.4 is 18.1 Å². The normalized spacial score (nSPS) is 23.7. The van der Waals surface area contributed by atoms with Crippen molar-refractivity contribution in [3.05, 3.63) is 112 Å². The summed E-state index contributed by atoms with van der Waals surface area (Å²) in [6.07, 6.45) is -1.91. The molecule has 1 spiro atoms. The fourth-order valence-electron chi connectivity index (χ4n) is 4.89. The molecule has 2 atom stereocenters. The second kappa shape index (κ2) is 9.13. The number of halogens is 8. The minimum atomic E-state index is -6.62. The Morgan fingerprint density at radius 2 is 0.659 bits per heavy atom. The molecule has 3 aliphatic rings. The van der Waals surface area contributed by atoms with Crippen LogP contribution in [0.5, 0.6) is 23.0 Å². The van der Waals surface area contributed by atoms with Gasteiger partial charge in [-0.05, 0) is 0 Å². The van der Waals surface area contributed by atoms with Crippen LogP contribution in [0.2, 0.25) is 40.2 Å². The monoisotopic (exact) mass is 731 g/mol. The van der Waals surface area contributed by atoms with Gasteiger partial charge in [0.25, 0.3) is 0 Å².